The lowest BCUT2D eigenvalue weighted by molar-refractivity contribution is -0.393. The van der Waals surface area contributed by atoms with E-state index in [9.17, 15) is 28.4 Å². The lowest BCUT2D eigenvalue weighted by atomic mass is 9.77. The number of pyridine rings is 1. The quantitative estimate of drug-likeness (QED) is 0.562. The smallest absolute Gasteiger partial charge is 0.325 e. The molecule has 2 aromatic rings. The highest BCUT2D eigenvalue weighted by Crippen LogP contribution is 2.32. The third-order valence-corrected chi connectivity index (χ3v) is 6.31. The van der Waals surface area contributed by atoms with Crippen LogP contribution in [0.3, 0.4) is 0 Å². The zero-order valence-electron chi connectivity index (χ0n) is 15.9. The summed E-state index contributed by atoms with van der Waals surface area (Å²) >= 11 is 0. The standard InChI is InChI=1S/C19H21N3O6S/c1-12-6-8-16(9-7-12)29(27,28)20-17-4-3-5-18(22(25)26)21(17)13(2)19(24)14-10-15(23)11-14/h3-9,13-15,23H,10-11H2,1-2H3. The van der Waals surface area contributed by atoms with E-state index in [1.54, 1.807) is 12.1 Å². The fourth-order valence-corrected chi connectivity index (χ4v) is 4.27. The molecule has 3 rings (SSSR count). The zero-order chi connectivity index (χ0) is 21.3. The van der Waals surface area contributed by atoms with Gasteiger partial charge in [0.15, 0.2) is 11.8 Å². The fourth-order valence-electron chi connectivity index (χ4n) is 3.29. The molecule has 1 aliphatic rings. The van der Waals surface area contributed by atoms with Crippen molar-refractivity contribution in [3.8, 4) is 0 Å². The fraction of sp³-hybridized carbons (Fsp3) is 0.368. The Labute approximate surface area is 167 Å². The maximum atomic E-state index is 12.7. The van der Waals surface area contributed by atoms with Crippen LogP contribution in [0.2, 0.25) is 0 Å². The largest absolute Gasteiger partial charge is 0.393 e. The van der Waals surface area contributed by atoms with Gasteiger partial charge in [0.2, 0.25) is 5.49 Å². The van der Waals surface area contributed by atoms with Crippen molar-refractivity contribution in [2.75, 3.05) is 0 Å². The van der Waals surface area contributed by atoms with E-state index >= 15 is 0 Å². The van der Waals surface area contributed by atoms with E-state index in [-0.39, 0.29) is 16.2 Å². The molecule has 1 aromatic heterocycles. The molecule has 29 heavy (non-hydrogen) atoms. The summed E-state index contributed by atoms with van der Waals surface area (Å²) in [5.74, 6) is -1.17. The number of aromatic nitrogens is 1. The van der Waals surface area contributed by atoms with Crippen LogP contribution in [0.1, 0.15) is 31.4 Å². The van der Waals surface area contributed by atoms with Crippen molar-refractivity contribution in [3.63, 3.8) is 0 Å². The number of sulfonamides is 1. The summed E-state index contributed by atoms with van der Waals surface area (Å²) in [7, 11) is -4.14. The highest BCUT2D eigenvalue weighted by molar-refractivity contribution is 7.90. The average Bonchev–Trinajstić information content (AvgIpc) is 2.64. The number of carbonyl (C=O) groups excluding carboxylic acids is 1. The number of rotatable bonds is 6. The van der Waals surface area contributed by atoms with Crippen molar-refractivity contribution in [3.05, 3.63) is 63.6 Å². The molecule has 0 radical (unpaired) electrons. The molecular formula is C19H21N3O6S. The molecule has 1 unspecified atom stereocenters. The van der Waals surface area contributed by atoms with Crippen LogP contribution in [0.25, 0.3) is 0 Å². The number of hydrogen-bond donors (Lipinski definition) is 1. The minimum absolute atomic E-state index is 0.0535. The van der Waals surface area contributed by atoms with Crippen molar-refractivity contribution in [2.24, 2.45) is 10.3 Å². The number of nitrogens with zero attached hydrogens (tertiary/aromatic N) is 3. The van der Waals surface area contributed by atoms with Gasteiger partial charge in [-0.2, -0.15) is 13.0 Å². The monoisotopic (exact) mass is 419 g/mol. The minimum Gasteiger partial charge on any atom is -0.393 e. The van der Waals surface area contributed by atoms with E-state index in [0.717, 1.165) is 10.1 Å². The van der Waals surface area contributed by atoms with Gasteiger partial charge in [-0.3, -0.25) is 4.79 Å². The van der Waals surface area contributed by atoms with Crippen molar-refractivity contribution in [2.45, 2.75) is 43.7 Å². The first-order valence-corrected chi connectivity index (χ1v) is 10.5. The van der Waals surface area contributed by atoms with Crippen LogP contribution in [0.4, 0.5) is 5.82 Å². The first kappa shape index (κ1) is 20.9. The van der Waals surface area contributed by atoms with Crippen LogP contribution in [-0.4, -0.2) is 34.9 Å². The number of ketones is 1. The molecule has 0 amide bonds. The van der Waals surface area contributed by atoms with E-state index in [4.69, 9.17) is 0 Å². The Morgan fingerprint density at radius 3 is 2.41 bits per heavy atom. The lowest BCUT2D eigenvalue weighted by Gasteiger charge is -2.31. The topological polar surface area (TPSA) is 132 Å². The third-order valence-electron chi connectivity index (χ3n) is 5.02. The van der Waals surface area contributed by atoms with Gasteiger partial charge in [-0.05, 0) is 49.8 Å². The number of aliphatic hydroxyl groups excluding tert-OH is 1. The molecule has 0 spiro atoms. The molecule has 154 valence electrons. The second-order valence-electron chi connectivity index (χ2n) is 7.15. The van der Waals surface area contributed by atoms with Gasteiger partial charge in [-0.1, -0.05) is 17.7 Å². The van der Waals surface area contributed by atoms with Gasteiger partial charge in [0.25, 0.3) is 10.0 Å². The minimum atomic E-state index is -4.14. The molecule has 0 bridgehead atoms. The lowest BCUT2D eigenvalue weighted by Crippen LogP contribution is -2.40. The number of aliphatic hydroxyl groups is 1. The average molecular weight is 419 g/mol. The Morgan fingerprint density at radius 2 is 1.86 bits per heavy atom. The predicted octanol–water partition coefficient (Wildman–Crippen LogP) is 1.90. The molecule has 1 N–H and O–H groups in total. The Balaban J connectivity index is 2.13. The molecule has 1 aliphatic carbocycles. The molecule has 0 saturated heterocycles. The van der Waals surface area contributed by atoms with Gasteiger partial charge in [0.1, 0.15) is 0 Å². The Hall–Kier alpha value is -2.85. The number of carbonyl (C=O) groups is 1. The van der Waals surface area contributed by atoms with E-state index in [1.807, 2.05) is 6.92 Å². The third kappa shape index (κ3) is 4.28. The number of benzene rings is 1. The van der Waals surface area contributed by atoms with E-state index in [1.165, 1.54) is 37.3 Å². The summed E-state index contributed by atoms with van der Waals surface area (Å²) in [4.78, 5) is 23.5. The van der Waals surface area contributed by atoms with Crippen LogP contribution in [0.5, 0.6) is 0 Å². The summed E-state index contributed by atoms with van der Waals surface area (Å²) in [6, 6.07) is 8.87. The number of nitro groups is 1. The first-order valence-electron chi connectivity index (χ1n) is 9.05. The second kappa shape index (κ2) is 7.88. The van der Waals surface area contributed by atoms with Crippen LogP contribution in [0.15, 0.2) is 51.8 Å². The second-order valence-corrected chi connectivity index (χ2v) is 8.75. The SMILES string of the molecule is Cc1ccc(S(=O)(=O)N=c2cccc([N+](=O)[O-])n2C(C)C(=O)C2CC(O)C2)cc1. The van der Waals surface area contributed by atoms with Gasteiger partial charge >= 0.3 is 5.82 Å². The molecule has 1 fully saturated rings. The summed E-state index contributed by atoms with van der Waals surface area (Å²) < 4.78 is 30.2. The summed E-state index contributed by atoms with van der Waals surface area (Å²) in [5, 5.41) is 21.0. The maximum absolute atomic E-state index is 12.7. The normalized spacial score (nSPS) is 20.7. The van der Waals surface area contributed by atoms with Crippen LogP contribution >= 0.6 is 0 Å². The molecule has 1 atom stereocenters. The predicted molar refractivity (Wildman–Crippen MR) is 103 cm³/mol. The Bertz CT molecular complexity index is 1120. The van der Waals surface area contributed by atoms with Crippen molar-refractivity contribution < 1.29 is 23.2 Å². The summed E-state index contributed by atoms with van der Waals surface area (Å²) in [6.07, 6.45) is 0.0229. The number of Topliss-reactive ketones (excluding diaryl/α,β-unsaturated/α-hetero) is 1. The highest BCUT2D eigenvalue weighted by atomic mass is 32.2. The number of aryl methyl sites for hydroxylation is 1. The maximum Gasteiger partial charge on any atom is 0.325 e. The van der Waals surface area contributed by atoms with Crippen molar-refractivity contribution in [1.82, 2.24) is 4.57 Å². The molecule has 1 aromatic carbocycles. The Morgan fingerprint density at radius 1 is 1.24 bits per heavy atom. The highest BCUT2D eigenvalue weighted by Gasteiger charge is 2.38. The van der Waals surface area contributed by atoms with E-state index < -0.39 is 38.8 Å². The Kier molecular flexibility index (Phi) is 5.67. The van der Waals surface area contributed by atoms with Gasteiger partial charge in [-0.25, -0.2) is 0 Å². The van der Waals surface area contributed by atoms with Gasteiger partial charge in [0, 0.05) is 18.1 Å². The van der Waals surface area contributed by atoms with Gasteiger partial charge in [-0.15, -0.1) is 4.40 Å². The number of hydrogen-bond acceptors (Lipinski definition) is 6. The van der Waals surface area contributed by atoms with Crippen molar-refractivity contribution in [1.29, 1.82) is 0 Å². The van der Waals surface area contributed by atoms with E-state index in [2.05, 4.69) is 4.40 Å². The van der Waals surface area contributed by atoms with E-state index in [0.29, 0.717) is 12.8 Å². The zero-order valence-corrected chi connectivity index (χ0v) is 16.7. The first-order chi connectivity index (χ1) is 13.6. The molecule has 10 heteroatoms. The summed E-state index contributed by atoms with van der Waals surface area (Å²) in [5.41, 5.74) is 0.664. The molecule has 1 saturated carbocycles. The van der Waals surface area contributed by atoms with Crippen LogP contribution in [0, 0.1) is 23.0 Å². The molecule has 0 aliphatic heterocycles. The van der Waals surface area contributed by atoms with Gasteiger partial charge in [0.05, 0.1) is 11.0 Å². The molecule has 9 nitrogen and oxygen atoms in total. The summed E-state index contributed by atoms with van der Waals surface area (Å²) in [6.45, 7) is 3.28. The molecular weight excluding hydrogens is 398 g/mol. The molecule has 1 heterocycles. The van der Waals surface area contributed by atoms with Crippen LogP contribution < -0.4 is 5.49 Å². The van der Waals surface area contributed by atoms with Gasteiger partial charge < -0.3 is 15.2 Å². The van der Waals surface area contributed by atoms with Crippen molar-refractivity contribution >= 4 is 21.6 Å². The van der Waals surface area contributed by atoms with Crippen LogP contribution in [-0.2, 0) is 14.8 Å².